The molecule has 2 amide bonds. The van der Waals surface area contributed by atoms with Crippen LogP contribution in [0.2, 0.25) is 0 Å². The first-order valence-electron chi connectivity index (χ1n) is 10.8. The van der Waals surface area contributed by atoms with Gasteiger partial charge < -0.3 is 25.6 Å². The molecule has 1 aromatic rings. The van der Waals surface area contributed by atoms with Crippen LogP contribution >= 0.6 is 0 Å². The second kappa shape index (κ2) is 13.5. The maximum atomic E-state index is 12.1. The summed E-state index contributed by atoms with van der Waals surface area (Å²) in [6.45, 7) is 7.50. The first kappa shape index (κ1) is 27.2. The number of carboxylic acids is 1. The maximum Gasteiger partial charge on any atom is 0.407 e. The molecule has 2 unspecified atom stereocenters. The highest BCUT2D eigenvalue weighted by molar-refractivity contribution is 5.74. The molecule has 8 nitrogen and oxygen atoms in total. The van der Waals surface area contributed by atoms with Crippen LogP contribution in [0.4, 0.5) is 4.79 Å². The number of nitrogens with one attached hydrogen (secondary N) is 1. The molecule has 178 valence electrons. The third kappa shape index (κ3) is 12.7. The zero-order chi connectivity index (χ0) is 24.1. The number of allylic oxidation sites excluding steroid dienone is 1. The smallest absolute Gasteiger partial charge is 0.407 e. The third-order valence-electron chi connectivity index (χ3n) is 4.53. The van der Waals surface area contributed by atoms with Crippen molar-refractivity contribution in [3.05, 3.63) is 41.5 Å². The Balaban J connectivity index is 2.59. The minimum Gasteiger partial charge on any atom is -0.481 e. The minimum absolute atomic E-state index is 0.127. The number of alkyl carbamates (subject to hydrolysis) is 1. The van der Waals surface area contributed by atoms with Crippen molar-refractivity contribution in [2.75, 3.05) is 0 Å². The number of carboxylic acid groups (broad SMARTS) is 1. The van der Waals surface area contributed by atoms with E-state index in [1.807, 2.05) is 43.3 Å². The SMILES string of the molecule is CC(OCc1ccc(/C=C/CCCC(=O)O)cc1)C(CCC(N)=O)NC(=O)OC(C)(C)C. The van der Waals surface area contributed by atoms with Crippen LogP contribution in [0.1, 0.15) is 70.9 Å². The molecule has 4 N–H and O–H groups in total. The van der Waals surface area contributed by atoms with Crippen LogP contribution < -0.4 is 11.1 Å². The number of carbonyl (C=O) groups is 3. The maximum absolute atomic E-state index is 12.1. The fraction of sp³-hybridized carbons (Fsp3) is 0.542. The van der Waals surface area contributed by atoms with Crippen LogP contribution in [0.3, 0.4) is 0 Å². The number of amides is 2. The van der Waals surface area contributed by atoms with Gasteiger partial charge in [0.15, 0.2) is 0 Å². The number of nitrogens with two attached hydrogens (primary N) is 1. The number of carbonyl (C=O) groups excluding carboxylic acids is 2. The van der Waals surface area contributed by atoms with Gasteiger partial charge in [-0.1, -0.05) is 36.4 Å². The highest BCUT2D eigenvalue weighted by Gasteiger charge is 2.24. The Morgan fingerprint density at radius 1 is 1.16 bits per heavy atom. The standard InChI is InChI=1S/C24H36N2O6/c1-17(20(14-15-21(25)27)26-23(30)32-24(2,3)4)31-16-19-12-10-18(11-13-19)8-6-5-7-9-22(28)29/h6,8,10-13,17,20H,5,7,9,14-16H2,1-4H3,(H2,25,27)(H,26,30)(H,28,29)/b8-6+. The van der Waals surface area contributed by atoms with E-state index in [9.17, 15) is 14.4 Å². The van der Waals surface area contributed by atoms with Crippen molar-refractivity contribution in [3.8, 4) is 0 Å². The third-order valence-corrected chi connectivity index (χ3v) is 4.53. The van der Waals surface area contributed by atoms with E-state index in [0.29, 0.717) is 25.9 Å². The summed E-state index contributed by atoms with van der Waals surface area (Å²) in [5.41, 5.74) is 6.61. The molecule has 0 aliphatic rings. The Kier molecular flexibility index (Phi) is 11.5. The molecule has 0 spiro atoms. The molecule has 8 heteroatoms. The van der Waals surface area contributed by atoms with Gasteiger partial charge in [0.1, 0.15) is 5.60 Å². The quantitative estimate of drug-likeness (QED) is 0.391. The fourth-order valence-corrected chi connectivity index (χ4v) is 2.84. The van der Waals surface area contributed by atoms with E-state index in [1.54, 1.807) is 20.8 Å². The lowest BCUT2D eigenvalue weighted by Gasteiger charge is -2.27. The summed E-state index contributed by atoms with van der Waals surface area (Å²) in [6.07, 6.45) is 4.96. The van der Waals surface area contributed by atoms with Gasteiger partial charge in [0.2, 0.25) is 5.91 Å². The van der Waals surface area contributed by atoms with E-state index in [4.69, 9.17) is 20.3 Å². The number of hydrogen-bond donors (Lipinski definition) is 3. The van der Waals surface area contributed by atoms with E-state index in [1.165, 1.54) is 0 Å². The van der Waals surface area contributed by atoms with E-state index in [-0.39, 0.29) is 18.9 Å². The summed E-state index contributed by atoms with van der Waals surface area (Å²) in [6, 6.07) is 7.39. The summed E-state index contributed by atoms with van der Waals surface area (Å²) >= 11 is 0. The highest BCUT2D eigenvalue weighted by Crippen LogP contribution is 2.14. The lowest BCUT2D eigenvalue weighted by molar-refractivity contribution is -0.137. The lowest BCUT2D eigenvalue weighted by atomic mass is 10.1. The Morgan fingerprint density at radius 2 is 1.81 bits per heavy atom. The van der Waals surface area contributed by atoms with Gasteiger partial charge in [-0.3, -0.25) is 9.59 Å². The van der Waals surface area contributed by atoms with Crippen LogP contribution in [0.5, 0.6) is 0 Å². The number of aliphatic carboxylic acids is 1. The zero-order valence-electron chi connectivity index (χ0n) is 19.4. The second-order valence-corrected chi connectivity index (χ2v) is 8.70. The van der Waals surface area contributed by atoms with Crippen molar-refractivity contribution in [1.82, 2.24) is 5.32 Å². The first-order valence-corrected chi connectivity index (χ1v) is 10.8. The number of primary amides is 1. The number of rotatable bonds is 13. The molecule has 0 saturated heterocycles. The molecule has 0 aliphatic carbocycles. The summed E-state index contributed by atoms with van der Waals surface area (Å²) in [5.74, 6) is -1.23. The molecule has 0 aromatic heterocycles. The van der Waals surface area contributed by atoms with Crippen molar-refractivity contribution in [3.63, 3.8) is 0 Å². The Morgan fingerprint density at radius 3 is 2.38 bits per heavy atom. The van der Waals surface area contributed by atoms with Gasteiger partial charge in [0.05, 0.1) is 18.8 Å². The van der Waals surface area contributed by atoms with Gasteiger partial charge in [-0.25, -0.2) is 4.79 Å². The van der Waals surface area contributed by atoms with Crippen LogP contribution in [0, 0.1) is 0 Å². The van der Waals surface area contributed by atoms with Gasteiger partial charge in [0.25, 0.3) is 0 Å². The summed E-state index contributed by atoms with van der Waals surface area (Å²) in [4.78, 5) is 33.9. The van der Waals surface area contributed by atoms with Gasteiger partial charge in [-0.05, 0) is 58.1 Å². The number of unbranched alkanes of at least 4 members (excludes halogenated alkanes) is 1. The van der Waals surface area contributed by atoms with Crippen LogP contribution in [-0.4, -0.2) is 40.8 Å². The number of hydrogen-bond acceptors (Lipinski definition) is 5. The molecule has 0 saturated carbocycles. The van der Waals surface area contributed by atoms with E-state index in [2.05, 4.69) is 5.32 Å². The molecule has 1 aromatic carbocycles. The largest absolute Gasteiger partial charge is 0.481 e. The van der Waals surface area contributed by atoms with Gasteiger partial charge in [0, 0.05) is 12.8 Å². The van der Waals surface area contributed by atoms with Crippen molar-refractivity contribution >= 4 is 24.0 Å². The van der Waals surface area contributed by atoms with E-state index >= 15 is 0 Å². The Hall–Kier alpha value is -2.87. The number of benzene rings is 1. The van der Waals surface area contributed by atoms with Crippen LogP contribution in [0.25, 0.3) is 6.08 Å². The van der Waals surface area contributed by atoms with Gasteiger partial charge in [-0.2, -0.15) is 0 Å². The molecular weight excluding hydrogens is 412 g/mol. The summed E-state index contributed by atoms with van der Waals surface area (Å²) < 4.78 is 11.2. The number of ether oxygens (including phenoxy) is 2. The fourth-order valence-electron chi connectivity index (χ4n) is 2.84. The highest BCUT2D eigenvalue weighted by atomic mass is 16.6. The molecule has 0 heterocycles. The Labute approximate surface area is 190 Å². The predicted octanol–water partition coefficient (Wildman–Crippen LogP) is 4.02. The topological polar surface area (TPSA) is 128 Å². The Bertz CT molecular complexity index is 768. The molecule has 32 heavy (non-hydrogen) atoms. The summed E-state index contributed by atoms with van der Waals surface area (Å²) in [7, 11) is 0. The van der Waals surface area contributed by atoms with Crippen molar-refractivity contribution < 1.29 is 29.0 Å². The average Bonchev–Trinajstić information content (AvgIpc) is 2.68. The molecule has 0 bridgehead atoms. The first-order chi connectivity index (χ1) is 15.0. The van der Waals surface area contributed by atoms with Crippen LogP contribution in [0.15, 0.2) is 30.3 Å². The van der Waals surface area contributed by atoms with E-state index < -0.39 is 29.6 Å². The van der Waals surface area contributed by atoms with Gasteiger partial charge >= 0.3 is 12.1 Å². The molecule has 0 aliphatic heterocycles. The summed E-state index contributed by atoms with van der Waals surface area (Å²) in [5, 5.41) is 11.4. The zero-order valence-corrected chi connectivity index (χ0v) is 19.4. The lowest BCUT2D eigenvalue weighted by Crippen LogP contribution is -2.45. The molecule has 0 fully saturated rings. The van der Waals surface area contributed by atoms with E-state index in [0.717, 1.165) is 11.1 Å². The predicted molar refractivity (Wildman–Crippen MR) is 123 cm³/mol. The molecular formula is C24H36N2O6. The van der Waals surface area contributed by atoms with Crippen molar-refractivity contribution in [1.29, 1.82) is 0 Å². The second-order valence-electron chi connectivity index (χ2n) is 8.70. The van der Waals surface area contributed by atoms with Crippen molar-refractivity contribution in [2.45, 2.75) is 84.2 Å². The normalized spacial score (nSPS) is 13.5. The molecule has 1 rings (SSSR count). The minimum atomic E-state index is -0.782. The average molecular weight is 449 g/mol. The molecule has 2 atom stereocenters. The van der Waals surface area contributed by atoms with Crippen LogP contribution in [-0.2, 0) is 25.7 Å². The monoisotopic (exact) mass is 448 g/mol. The van der Waals surface area contributed by atoms with Gasteiger partial charge in [-0.15, -0.1) is 0 Å². The van der Waals surface area contributed by atoms with Crippen molar-refractivity contribution in [2.24, 2.45) is 5.73 Å². The molecule has 0 radical (unpaired) electrons.